The third-order valence-electron chi connectivity index (χ3n) is 7.38. The van der Waals surface area contributed by atoms with Gasteiger partial charge in [-0.05, 0) is 68.3 Å². The summed E-state index contributed by atoms with van der Waals surface area (Å²) < 4.78 is 5.84. The van der Waals surface area contributed by atoms with Crippen LogP contribution in [0.25, 0.3) is 22.6 Å². The zero-order chi connectivity index (χ0) is 25.5. The van der Waals surface area contributed by atoms with E-state index in [0.717, 1.165) is 42.3 Å². The predicted molar refractivity (Wildman–Crippen MR) is 140 cm³/mol. The summed E-state index contributed by atoms with van der Waals surface area (Å²) in [5, 5.41) is 0. The van der Waals surface area contributed by atoms with Gasteiger partial charge in [-0.1, -0.05) is 42.7 Å². The monoisotopic (exact) mass is 493 g/mol. The number of oxazole rings is 1. The van der Waals surface area contributed by atoms with Crippen LogP contribution in [0.1, 0.15) is 48.0 Å². The van der Waals surface area contributed by atoms with Gasteiger partial charge in [0.1, 0.15) is 11.6 Å². The van der Waals surface area contributed by atoms with E-state index in [9.17, 15) is 14.4 Å². The molecule has 1 aromatic heterocycles. The van der Waals surface area contributed by atoms with E-state index in [1.807, 2.05) is 43.3 Å². The van der Waals surface area contributed by atoms with E-state index in [1.165, 1.54) is 4.90 Å². The molecule has 1 aliphatic carbocycles. The van der Waals surface area contributed by atoms with Crippen LogP contribution in [0.5, 0.6) is 0 Å². The lowest BCUT2D eigenvalue weighted by atomic mass is 10.0. The van der Waals surface area contributed by atoms with Crippen molar-refractivity contribution in [1.82, 2.24) is 9.88 Å². The molecule has 0 bridgehead atoms. The molecule has 1 unspecified atom stereocenters. The van der Waals surface area contributed by atoms with Crippen LogP contribution in [0.2, 0.25) is 0 Å². The highest BCUT2D eigenvalue weighted by atomic mass is 16.3. The number of para-hydroxylation sites is 2. The van der Waals surface area contributed by atoms with Crippen molar-refractivity contribution in [3.05, 3.63) is 83.9 Å². The third-order valence-corrected chi connectivity index (χ3v) is 7.38. The fourth-order valence-corrected chi connectivity index (χ4v) is 5.44. The molecular formula is C30H27N3O4. The van der Waals surface area contributed by atoms with E-state index in [0.29, 0.717) is 22.7 Å². The Morgan fingerprint density at radius 3 is 2.35 bits per heavy atom. The minimum absolute atomic E-state index is 0.0141. The molecule has 6 rings (SSSR count). The normalized spacial score (nSPS) is 18.2. The van der Waals surface area contributed by atoms with Crippen LogP contribution in [-0.2, 0) is 9.59 Å². The minimum atomic E-state index is -0.805. The number of hydrogen-bond acceptors (Lipinski definition) is 5. The second-order valence-corrected chi connectivity index (χ2v) is 9.84. The Morgan fingerprint density at radius 1 is 0.946 bits per heavy atom. The number of amides is 3. The van der Waals surface area contributed by atoms with Crippen molar-refractivity contribution >= 4 is 34.5 Å². The number of nitrogens with zero attached hydrogens (tertiary/aromatic N) is 3. The molecule has 1 atom stereocenters. The highest BCUT2D eigenvalue weighted by Crippen LogP contribution is 2.34. The maximum Gasteiger partial charge on any atom is 0.257 e. The van der Waals surface area contributed by atoms with Gasteiger partial charge in [-0.3, -0.25) is 14.4 Å². The molecule has 3 amide bonds. The summed E-state index contributed by atoms with van der Waals surface area (Å²) in [4.78, 5) is 47.8. The topological polar surface area (TPSA) is 83.7 Å². The van der Waals surface area contributed by atoms with Crippen LogP contribution in [0.3, 0.4) is 0 Å². The number of aromatic nitrogens is 1. The number of aryl methyl sites for hydroxylation is 1. The molecule has 0 spiro atoms. The summed E-state index contributed by atoms with van der Waals surface area (Å²) in [5.41, 5.74) is 4.28. The van der Waals surface area contributed by atoms with Crippen LogP contribution in [0, 0.1) is 6.92 Å². The van der Waals surface area contributed by atoms with Gasteiger partial charge in [0.05, 0.1) is 12.1 Å². The quantitative estimate of drug-likeness (QED) is 0.342. The molecule has 0 N–H and O–H groups in total. The summed E-state index contributed by atoms with van der Waals surface area (Å²) in [6.45, 7) is 1.97. The fraction of sp³-hybridized carbons (Fsp3) is 0.267. The summed E-state index contributed by atoms with van der Waals surface area (Å²) in [6.07, 6.45) is 3.69. The standard InChI is InChI=1S/C30H27N3O4/c1-19-10-12-21(13-11-19)29(35)32(22-6-2-3-7-22)25-18-27(34)33(30(25)36)23-16-14-20(15-17-23)28-31-24-8-4-5-9-26(24)37-28/h4-5,8-17,22,25H,2-3,6-7,18H2,1H3. The van der Waals surface area contributed by atoms with Crippen molar-refractivity contribution in [1.29, 1.82) is 0 Å². The first kappa shape index (κ1) is 23.2. The van der Waals surface area contributed by atoms with Crippen LogP contribution in [0.15, 0.2) is 77.2 Å². The predicted octanol–water partition coefficient (Wildman–Crippen LogP) is 5.52. The first-order valence-electron chi connectivity index (χ1n) is 12.7. The highest BCUT2D eigenvalue weighted by molar-refractivity contribution is 6.23. The van der Waals surface area contributed by atoms with Crippen molar-refractivity contribution in [2.24, 2.45) is 0 Å². The van der Waals surface area contributed by atoms with Gasteiger partial charge < -0.3 is 9.32 Å². The van der Waals surface area contributed by atoms with Gasteiger partial charge >= 0.3 is 0 Å². The van der Waals surface area contributed by atoms with E-state index in [1.54, 1.807) is 41.3 Å². The molecule has 1 saturated carbocycles. The molecule has 7 nitrogen and oxygen atoms in total. The number of carbonyl (C=O) groups excluding carboxylic acids is 3. The largest absolute Gasteiger partial charge is 0.436 e. The number of fused-ring (bicyclic) bond motifs is 1. The Bertz CT molecular complexity index is 1450. The van der Waals surface area contributed by atoms with E-state index in [-0.39, 0.29) is 30.2 Å². The van der Waals surface area contributed by atoms with Crippen molar-refractivity contribution in [2.75, 3.05) is 4.90 Å². The molecule has 3 aromatic carbocycles. The van der Waals surface area contributed by atoms with Crippen molar-refractivity contribution in [2.45, 2.75) is 51.1 Å². The molecule has 2 fully saturated rings. The van der Waals surface area contributed by atoms with Crippen molar-refractivity contribution in [3.8, 4) is 11.5 Å². The average Bonchev–Trinajstić information content (AvgIpc) is 3.65. The molecule has 4 aromatic rings. The molecule has 0 radical (unpaired) electrons. The van der Waals surface area contributed by atoms with E-state index in [4.69, 9.17) is 4.42 Å². The first-order valence-corrected chi connectivity index (χ1v) is 12.7. The van der Waals surface area contributed by atoms with Crippen molar-refractivity contribution in [3.63, 3.8) is 0 Å². The zero-order valence-corrected chi connectivity index (χ0v) is 20.6. The molecule has 7 heteroatoms. The average molecular weight is 494 g/mol. The van der Waals surface area contributed by atoms with Crippen LogP contribution >= 0.6 is 0 Å². The SMILES string of the molecule is Cc1ccc(C(=O)N(C2CCCC2)C2CC(=O)N(c3ccc(-c4nc5ccccc5o4)cc3)C2=O)cc1. The molecule has 37 heavy (non-hydrogen) atoms. The van der Waals surface area contributed by atoms with Gasteiger partial charge in [0, 0.05) is 17.2 Å². The number of hydrogen-bond donors (Lipinski definition) is 0. The maximum atomic E-state index is 13.7. The second kappa shape index (κ2) is 9.32. The second-order valence-electron chi connectivity index (χ2n) is 9.84. The molecule has 2 aliphatic rings. The van der Waals surface area contributed by atoms with Gasteiger partial charge in [0.25, 0.3) is 11.8 Å². The molecule has 1 saturated heterocycles. The van der Waals surface area contributed by atoms with Gasteiger partial charge in [0.15, 0.2) is 5.58 Å². The zero-order valence-electron chi connectivity index (χ0n) is 20.6. The summed E-state index contributed by atoms with van der Waals surface area (Å²) >= 11 is 0. The van der Waals surface area contributed by atoms with Crippen LogP contribution < -0.4 is 4.90 Å². The molecule has 1 aliphatic heterocycles. The smallest absolute Gasteiger partial charge is 0.257 e. The summed E-state index contributed by atoms with van der Waals surface area (Å²) in [7, 11) is 0. The van der Waals surface area contributed by atoms with Gasteiger partial charge in [-0.25, -0.2) is 9.88 Å². The van der Waals surface area contributed by atoms with Crippen LogP contribution in [-0.4, -0.2) is 39.7 Å². The van der Waals surface area contributed by atoms with E-state index >= 15 is 0 Å². The lowest BCUT2D eigenvalue weighted by Crippen LogP contribution is -2.50. The Labute approximate surface area is 214 Å². The molecule has 2 heterocycles. The van der Waals surface area contributed by atoms with Crippen LogP contribution in [0.4, 0.5) is 5.69 Å². The highest BCUT2D eigenvalue weighted by Gasteiger charge is 2.47. The van der Waals surface area contributed by atoms with Gasteiger partial charge in [0.2, 0.25) is 11.8 Å². The number of rotatable bonds is 5. The third kappa shape index (κ3) is 4.20. The fourth-order valence-electron chi connectivity index (χ4n) is 5.44. The summed E-state index contributed by atoms with van der Waals surface area (Å²) in [6, 6.07) is 21.1. The lowest BCUT2D eigenvalue weighted by molar-refractivity contribution is -0.123. The van der Waals surface area contributed by atoms with E-state index in [2.05, 4.69) is 4.98 Å². The lowest BCUT2D eigenvalue weighted by Gasteiger charge is -2.33. The Balaban J connectivity index is 1.28. The number of anilines is 1. The molecule has 186 valence electrons. The summed E-state index contributed by atoms with van der Waals surface area (Å²) in [5.74, 6) is -0.372. The number of imide groups is 1. The number of carbonyl (C=O) groups is 3. The Morgan fingerprint density at radius 2 is 1.65 bits per heavy atom. The Kier molecular flexibility index (Phi) is 5.83. The Hall–Kier alpha value is -4.26. The maximum absolute atomic E-state index is 13.7. The van der Waals surface area contributed by atoms with Gasteiger partial charge in [-0.15, -0.1) is 0 Å². The molecular weight excluding hydrogens is 466 g/mol. The minimum Gasteiger partial charge on any atom is -0.436 e. The van der Waals surface area contributed by atoms with Gasteiger partial charge in [-0.2, -0.15) is 0 Å². The van der Waals surface area contributed by atoms with Crippen molar-refractivity contribution < 1.29 is 18.8 Å². The van der Waals surface area contributed by atoms with E-state index < -0.39 is 6.04 Å². The first-order chi connectivity index (χ1) is 18.0. The number of benzene rings is 3.